The summed E-state index contributed by atoms with van der Waals surface area (Å²) in [5.74, 6) is 0.639. The Bertz CT molecular complexity index is 777. The van der Waals surface area contributed by atoms with Crippen molar-refractivity contribution in [2.45, 2.75) is 98.5 Å². The van der Waals surface area contributed by atoms with Crippen molar-refractivity contribution in [3.63, 3.8) is 0 Å². The molecule has 1 fully saturated rings. The Morgan fingerprint density at radius 3 is 2.44 bits per heavy atom. The van der Waals surface area contributed by atoms with Crippen molar-refractivity contribution in [1.82, 2.24) is 5.32 Å². The third kappa shape index (κ3) is 8.36. The van der Waals surface area contributed by atoms with Crippen molar-refractivity contribution >= 4 is 12.2 Å². The van der Waals surface area contributed by atoms with Gasteiger partial charge in [0.1, 0.15) is 11.9 Å². The van der Waals surface area contributed by atoms with Gasteiger partial charge in [-0.25, -0.2) is 9.59 Å². The molecule has 0 bridgehead atoms. The van der Waals surface area contributed by atoms with Crippen LogP contribution < -0.4 is 15.8 Å². The Kier molecular flexibility index (Phi) is 9.41. The van der Waals surface area contributed by atoms with Crippen LogP contribution in [0.3, 0.4) is 0 Å². The van der Waals surface area contributed by atoms with Crippen LogP contribution in [-0.4, -0.2) is 24.8 Å². The minimum atomic E-state index is -0.746. The number of amides is 2. The van der Waals surface area contributed by atoms with Crippen molar-refractivity contribution < 1.29 is 19.1 Å². The van der Waals surface area contributed by atoms with E-state index in [0.717, 1.165) is 56.9 Å². The smallest absolute Gasteiger partial charge is 0.412 e. The summed E-state index contributed by atoms with van der Waals surface area (Å²) in [5.41, 5.74) is 7.41. The molecular formula is C26H42N2O4. The molecule has 0 radical (unpaired) electrons. The van der Waals surface area contributed by atoms with Gasteiger partial charge in [0.25, 0.3) is 0 Å². The molecule has 3 N–H and O–H groups in total. The maximum Gasteiger partial charge on any atom is 0.412 e. The third-order valence-corrected chi connectivity index (χ3v) is 6.29. The fourth-order valence-electron chi connectivity index (χ4n) is 5.17. The molecule has 0 spiro atoms. The van der Waals surface area contributed by atoms with E-state index in [4.69, 9.17) is 15.2 Å². The normalized spacial score (nSPS) is 22.2. The number of aryl methyl sites for hydroxylation is 2. The lowest BCUT2D eigenvalue weighted by atomic mass is 9.63. The van der Waals surface area contributed by atoms with Gasteiger partial charge in [-0.05, 0) is 73.0 Å². The van der Waals surface area contributed by atoms with Gasteiger partial charge in [-0.1, -0.05) is 59.6 Å². The minimum absolute atomic E-state index is 0.0135. The lowest BCUT2D eigenvalue weighted by molar-refractivity contribution is -0.0163. The molecule has 0 heterocycles. The van der Waals surface area contributed by atoms with Gasteiger partial charge in [0.2, 0.25) is 0 Å². The molecule has 0 aromatic heterocycles. The highest BCUT2D eigenvalue weighted by molar-refractivity contribution is 5.71. The molecular weight excluding hydrogens is 404 g/mol. The summed E-state index contributed by atoms with van der Waals surface area (Å²) in [6, 6.07) is 6.17. The molecule has 2 amide bonds. The maximum absolute atomic E-state index is 12.7. The molecule has 1 aliphatic rings. The molecule has 0 aliphatic heterocycles. The first kappa shape index (κ1) is 26.0. The Hall–Kier alpha value is -2.24. The first-order chi connectivity index (χ1) is 15.1. The number of carbonyl (C=O) groups excluding carboxylic acids is 2. The van der Waals surface area contributed by atoms with Crippen LogP contribution in [0, 0.1) is 10.8 Å². The monoisotopic (exact) mass is 446 g/mol. The number of rotatable bonds is 10. The van der Waals surface area contributed by atoms with Crippen molar-refractivity contribution in [2.75, 3.05) is 6.54 Å². The van der Waals surface area contributed by atoms with Gasteiger partial charge < -0.3 is 20.5 Å². The maximum atomic E-state index is 12.7. The number of ether oxygens (including phenoxy) is 2. The van der Waals surface area contributed by atoms with E-state index >= 15 is 0 Å². The Morgan fingerprint density at radius 2 is 1.78 bits per heavy atom. The van der Waals surface area contributed by atoms with Crippen molar-refractivity contribution in [3.05, 3.63) is 29.3 Å². The number of nitrogens with one attached hydrogen (secondary N) is 1. The van der Waals surface area contributed by atoms with Gasteiger partial charge in [0.15, 0.2) is 0 Å². The van der Waals surface area contributed by atoms with E-state index in [1.807, 2.05) is 6.07 Å². The zero-order valence-corrected chi connectivity index (χ0v) is 20.6. The highest BCUT2D eigenvalue weighted by Crippen LogP contribution is 2.46. The van der Waals surface area contributed by atoms with Crippen LogP contribution in [0.2, 0.25) is 0 Å². The molecule has 2 rings (SSSR count). The number of hydrogen-bond donors (Lipinski definition) is 2. The van der Waals surface area contributed by atoms with Crippen LogP contribution in [0.4, 0.5) is 9.59 Å². The van der Waals surface area contributed by atoms with Crippen molar-refractivity contribution in [1.29, 1.82) is 0 Å². The van der Waals surface area contributed by atoms with E-state index in [1.54, 1.807) is 0 Å². The average molecular weight is 447 g/mol. The molecule has 6 nitrogen and oxygen atoms in total. The predicted octanol–water partition coefficient (Wildman–Crippen LogP) is 6.14. The van der Waals surface area contributed by atoms with Crippen LogP contribution in [0.25, 0.3) is 0 Å². The van der Waals surface area contributed by atoms with E-state index in [9.17, 15) is 9.59 Å². The summed E-state index contributed by atoms with van der Waals surface area (Å²) in [7, 11) is 0. The van der Waals surface area contributed by atoms with E-state index in [1.165, 1.54) is 5.56 Å². The molecule has 0 saturated heterocycles. The Labute approximate surface area is 193 Å². The van der Waals surface area contributed by atoms with Crippen LogP contribution >= 0.6 is 0 Å². The van der Waals surface area contributed by atoms with Gasteiger partial charge in [-0.15, -0.1) is 0 Å². The Balaban J connectivity index is 2.02. The second-order valence-corrected chi connectivity index (χ2v) is 10.5. The third-order valence-electron chi connectivity index (χ3n) is 6.29. The van der Waals surface area contributed by atoms with Gasteiger partial charge in [0, 0.05) is 6.54 Å². The van der Waals surface area contributed by atoms with E-state index in [0.29, 0.717) is 18.7 Å². The lowest BCUT2D eigenvalue weighted by Gasteiger charge is -2.45. The second-order valence-electron chi connectivity index (χ2n) is 10.5. The van der Waals surface area contributed by atoms with E-state index in [-0.39, 0.29) is 16.9 Å². The number of unbranched alkanes of at least 4 members (excludes halogenated alkanes) is 2. The topological polar surface area (TPSA) is 90.7 Å². The highest BCUT2D eigenvalue weighted by atomic mass is 16.6. The van der Waals surface area contributed by atoms with Crippen LogP contribution in [-0.2, 0) is 17.6 Å². The number of hydrogen-bond acceptors (Lipinski definition) is 4. The van der Waals surface area contributed by atoms with E-state index in [2.05, 4.69) is 52.1 Å². The van der Waals surface area contributed by atoms with Crippen LogP contribution in [0.5, 0.6) is 5.75 Å². The molecule has 2 atom stereocenters. The molecule has 180 valence electrons. The molecule has 1 saturated carbocycles. The number of primary amides is 1. The predicted molar refractivity (Wildman–Crippen MR) is 128 cm³/mol. The molecule has 32 heavy (non-hydrogen) atoms. The van der Waals surface area contributed by atoms with Crippen LogP contribution in [0.15, 0.2) is 18.2 Å². The summed E-state index contributed by atoms with van der Waals surface area (Å²) in [6.07, 6.45) is 7.32. The SMILES string of the molecule is CCCCc1ccc(OC(=O)NCC2(C)CC(OC(N)=O)CC(C)(C)C2)c(CCCC)c1. The van der Waals surface area contributed by atoms with Crippen LogP contribution in [0.1, 0.15) is 90.7 Å². The number of carbonyl (C=O) groups is 2. The second kappa shape index (κ2) is 11.6. The van der Waals surface area contributed by atoms with Gasteiger partial charge in [-0.3, -0.25) is 0 Å². The fourth-order valence-corrected chi connectivity index (χ4v) is 5.17. The molecule has 1 aromatic carbocycles. The quantitative estimate of drug-likeness (QED) is 0.451. The standard InChI is InChI=1S/C26H42N2O4/c1-6-8-10-19-12-13-22(20(14-19)11-9-7-2)32-24(30)28-18-26(5)16-21(31-23(27)29)15-25(3,4)17-26/h12-14,21H,6-11,15-18H2,1-5H3,(H2,27,29)(H,28,30). The summed E-state index contributed by atoms with van der Waals surface area (Å²) in [5, 5.41) is 2.95. The summed E-state index contributed by atoms with van der Waals surface area (Å²) < 4.78 is 11.0. The van der Waals surface area contributed by atoms with E-state index < -0.39 is 12.2 Å². The first-order valence-electron chi connectivity index (χ1n) is 12.1. The summed E-state index contributed by atoms with van der Waals surface area (Å²) >= 11 is 0. The highest BCUT2D eigenvalue weighted by Gasteiger charge is 2.42. The zero-order chi connectivity index (χ0) is 23.8. The summed E-state index contributed by atoms with van der Waals surface area (Å²) in [4.78, 5) is 23.9. The number of nitrogens with two attached hydrogens (primary N) is 1. The largest absolute Gasteiger partial charge is 0.446 e. The molecule has 6 heteroatoms. The fraction of sp³-hybridized carbons (Fsp3) is 0.692. The molecule has 1 aliphatic carbocycles. The van der Waals surface area contributed by atoms with Gasteiger partial charge in [0.05, 0.1) is 0 Å². The number of benzene rings is 1. The Morgan fingerprint density at radius 1 is 1.09 bits per heavy atom. The van der Waals surface area contributed by atoms with Gasteiger partial charge >= 0.3 is 12.2 Å². The zero-order valence-electron chi connectivity index (χ0n) is 20.6. The van der Waals surface area contributed by atoms with Gasteiger partial charge in [-0.2, -0.15) is 0 Å². The first-order valence-corrected chi connectivity index (χ1v) is 12.1. The lowest BCUT2D eigenvalue weighted by Crippen LogP contribution is -2.47. The average Bonchev–Trinajstić information content (AvgIpc) is 2.68. The van der Waals surface area contributed by atoms with Crippen molar-refractivity contribution in [2.24, 2.45) is 16.6 Å². The van der Waals surface area contributed by atoms with Crippen molar-refractivity contribution in [3.8, 4) is 5.75 Å². The summed E-state index contributed by atoms with van der Waals surface area (Å²) in [6.45, 7) is 11.2. The molecule has 1 aromatic rings. The molecule has 2 unspecified atom stereocenters. The minimum Gasteiger partial charge on any atom is -0.446 e.